The fraction of sp³-hybridized carbons (Fsp3) is 0.147. The molecular formula is C34H27BrN2O4S. The van der Waals surface area contributed by atoms with E-state index in [1.165, 1.54) is 11.3 Å². The van der Waals surface area contributed by atoms with Crippen molar-refractivity contribution in [1.82, 2.24) is 4.57 Å². The lowest BCUT2D eigenvalue weighted by Crippen LogP contribution is -2.39. The van der Waals surface area contributed by atoms with E-state index in [0.29, 0.717) is 33.0 Å². The summed E-state index contributed by atoms with van der Waals surface area (Å²) in [7, 11) is 0. The summed E-state index contributed by atoms with van der Waals surface area (Å²) < 4.78 is 14.7. The van der Waals surface area contributed by atoms with Crippen LogP contribution in [0.4, 0.5) is 0 Å². The monoisotopic (exact) mass is 638 g/mol. The van der Waals surface area contributed by atoms with Gasteiger partial charge in [0.25, 0.3) is 5.56 Å². The second-order valence-electron chi connectivity index (χ2n) is 9.82. The average Bonchev–Trinajstić information content (AvgIpc) is 3.30. The quantitative estimate of drug-likeness (QED) is 0.196. The largest absolute Gasteiger partial charge is 0.488 e. The van der Waals surface area contributed by atoms with Crippen LogP contribution in [0, 0.1) is 0 Å². The predicted molar refractivity (Wildman–Crippen MR) is 169 cm³/mol. The molecule has 0 amide bonds. The number of nitrogens with zero attached hydrogens (tertiary/aromatic N) is 2. The van der Waals surface area contributed by atoms with Crippen molar-refractivity contribution in [1.29, 1.82) is 0 Å². The van der Waals surface area contributed by atoms with Crippen molar-refractivity contribution in [2.45, 2.75) is 26.5 Å². The van der Waals surface area contributed by atoms with Crippen molar-refractivity contribution in [3.63, 3.8) is 0 Å². The van der Waals surface area contributed by atoms with Gasteiger partial charge in [0, 0.05) is 10.0 Å². The number of allylic oxidation sites excluding steroid dienone is 1. The Balaban J connectivity index is 1.42. The number of carbonyl (C=O) groups excluding carboxylic acids is 1. The number of ether oxygens (including phenoxy) is 2. The number of aromatic nitrogens is 1. The highest BCUT2D eigenvalue weighted by atomic mass is 79.9. The van der Waals surface area contributed by atoms with Crippen LogP contribution in [-0.2, 0) is 16.1 Å². The van der Waals surface area contributed by atoms with Gasteiger partial charge in [0.1, 0.15) is 12.4 Å². The van der Waals surface area contributed by atoms with Crippen molar-refractivity contribution in [3.05, 3.63) is 143 Å². The number of thiazole rings is 1. The van der Waals surface area contributed by atoms with E-state index < -0.39 is 12.0 Å². The van der Waals surface area contributed by atoms with Gasteiger partial charge in [-0.2, -0.15) is 0 Å². The lowest BCUT2D eigenvalue weighted by Gasteiger charge is -2.24. The fourth-order valence-electron chi connectivity index (χ4n) is 5.20. The number of para-hydroxylation sites is 1. The van der Waals surface area contributed by atoms with E-state index in [-0.39, 0.29) is 12.2 Å². The second-order valence-corrected chi connectivity index (χ2v) is 11.7. The molecule has 6 rings (SSSR count). The topological polar surface area (TPSA) is 69.9 Å². The van der Waals surface area contributed by atoms with E-state index >= 15 is 0 Å². The Labute approximate surface area is 255 Å². The third-order valence-electron chi connectivity index (χ3n) is 7.17. The summed E-state index contributed by atoms with van der Waals surface area (Å²) in [5.74, 6) is 0.192. The molecule has 0 saturated heterocycles. The van der Waals surface area contributed by atoms with Gasteiger partial charge >= 0.3 is 5.97 Å². The molecule has 0 unspecified atom stereocenters. The molecule has 1 aromatic heterocycles. The molecule has 5 aromatic rings. The maximum absolute atomic E-state index is 14.0. The van der Waals surface area contributed by atoms with Crippen LogP contribution < -0.4 is 19.6 Å². The van der Waals surface area contributed by atoms with E-state index in [4.69, 9.17) is 9.47 Å². The Morgan fingerprint density at radius 3 is 2.55 bits per heavy atom. The summed E-state index contributed by atoms with van der Waals surface area (Å²) >= 11 is 4.77. The van der Waals surface area contributed by atoms with Crippen molar-refractivity contribution in [3.8, 4) is 5.75 Å². The highest BCUT2D eigenvalue weighted by Crippen LogP contribution is 2.31. The average molecular weight is 640 g/mol. The van der Waals surface area contributed by atoms with Gasteiger partial charge in [-0.25, -0.2) is 9.79 Å². The van der Waals surface area contributed by atoms with Crippen LogP contribution in [0.2, 0.25) is 0 Å². The minimum Gasteiger partial charge on any atom is -0.488 e. The maximum atomic E-state index is 14.0. The molecule has 0 N–H and O–H groups in total. The summed E-state index contributed by atoms with van der Waals surface area (Å²) in [6, 6.07) is 29.0. The summed E-state index contributed by atoms with van der Waals surface area (Å²) in [5.41, 5.74) is 3.32. The highest BCUT2D eigenvalue weighted by Gasteiger charge is 2.33. The third-order valence-corrected chi connectivity index (χ3v) is 8.68. The number of esters is 1. The zero-order valence-electron chi connectivity index (χ0n) is 23.0. The molecule has 0 aliphatic carbocycles. The Morgan fingerprint density at radius 1 is 1.00 bits per heavy atom. The first-order valence-corrected chi connectivity index (χ1v) is 15.2. The third kappa shape index (κ3) is 5.35. The van der Waals surface area contributed by atoms with E-state index in [9.17, 15) is 9.59 Å². The zero-order chi connectivity index (χ0) is 29.2. The molecule has 0 spiro atoms. The number of carbonyl (C=O) groups is 1. The zero-order valence-corrected chi connectivity index (χ0v) is 25.4. The minimum absolute atomic E-state index is 0.225. The van der Waals surface area contributed by atoms with Gasteiger partial charge in [-0.1, -0.05) is 100 Å². The summed E-state index contributed by atoms with van der Waals surface area (Å²) in [5, 5.41) is 2.30. The maximum Gasteiger partial charge on any atom is 0.338 e. The summed E-state index contributed by atoms with van der Waals surface area (Å²) in [6.07, 6.45) is 1.84. The van der Waals surface area contributed by atoms with Gasteiger partial charge in [0.15, 0.2) is 4.80 Å². The van der Waals surface area contributed by atoms with Crippen molar-refractivity contribution in [2.75, 3.05) is 6.61 Å². The van der Waals surface area contributed by atoms with Gasteiger partial charge in [-0.3, -0.25) is 9.36 Å². The molecule has 0 fully saturated rings. The van der Waals surface area contributed by atoms with Crippen LogP contribution in [0.1, 0.15) is 36.6 Å². The van der Waals surface area contributed by atoms with Crippen molar-refractivity contribution in [2.24, 2.45) is 4.99 Å². The second kappa shape index (κ2) is 11.9. The first-order valence-electron chi connectivity index (χ1n) is 13.6. The number of rotatable bonds is 7. The van der Waals surface area contributed by atoms with Gasteiger partial charge in [-0.15, -0.1) is 0 Å². The standard InChI is InChI=1S/C34H27BrN2O4S/c1-3-40-33(39)30-21(2)36-34-37(31(30)23-15-17-26(35)18-16-23)32(38)29(42-34)19-24-10-5-7-14-28(24)41-20-25-12-8-11-22-9-4-6-13-27(22)25/h4-19,31H,3,20H2,1-2H3/b29-19-/t31-/m1/s1. The molecule has 2 heterocycles. The predicted octanol–water partition coefficient (Wildman–Crippen LogP) is 6.29. The van der Waals surface area contributed by atoms with Gasteiger partial charge in [0.2, 0.25) is 0 Å². The minimum atomic E-state index is -0.659. The molecule has 0 bridgehead atoms. The summed E-state index contributed by atoms with van der Waals surface area (Å²) in [4.78, 5) is 32.3. The van der Waals surface area contributed by atoms with Gasteiger partial charge in [-0.05, 0) is 60.0 Å². The Morgan fingerprint density at radius 2 is 1.74 bits per heavy atom. The van der Waals surface area contributed by atoms with Crippen LogP contribution in [-0.4, -0.2) is 17.1 Å². The molecule has 210 valence electrons. The normalized spacial score (nSPS) is 14.9. The lowest BCUT2D eigenvalue weighted by molar-refractivity contribution is -0.139. The molecule has 4 aromatic carbocycles. The SMILES string of the molecule is CCOC(=O)C1=C(C)N=c2s/c(=C\c3ccccc3OCc3cccc4ccccc34)c(=O)n2[C@@H]1c1ccc(Br)cc1. The van der Waals surface area contributed by atoms with Crippen molar-refractivity contribution < 1.29 is 14.3 Å². The molecule has 1 atom stereocenters. The Hall–Kier alpha value is -4.27. The van der Waals surface area contributed by atoms with Gasteiger partial charge < -0.3 is 9.47 Å². The lowest BCUT2D eigenvalue weighted by atomic mass is 9.96. The van der Waals surface area contributed by atoms with E-state index in [0.717, 1.165) is 31.9 Å². The fourth-order valence-corrected chi connectivity index (χ4v) is 6.50. The molecule has 1 aliphatic heterocycles. The van der Waals surface area contributed by atoms with Crippen molar-refractivity contribution >= 4 is 50.1 Å². The molecule has 42 heavy (non-hydrogen) atoms. The van der Waals surface area contributed by atoms with E-state index in [2.05, 4.69) is 45.2 Å². The number of benzene rings is 4. The molecule has 1 aliphatic rings. The smallest absolute Gasteiger partial charge is 0.338 e. The van der Waals surface area contributed by atoms with E-state index in [1.807, 2.05) is 72.8 Å². The number of hydrogen-bond donors (Lipinski definition) is 0. The first-order chi connectivity index (χ1) is 20.4. The van der Waals surface area contributed by atoms with Crippen LogP contribution in [0.15, 0.2) is 117 Å². The Kier molecular flexibility index (Phi) is 7.91. The van der Waals surface area contributed by atoms with E-state index in [1.54, 1.807) is 18.4 Å². The van der Waals surface area contributed by atoms with Crippen LogP contribution in [0.25, 0.3) is 16.8 Å². The number of hydrogen-bond acceptors (Lipinski definition) is 6. The van der Waals surface area contributed by atoms with Crippen LogP contribution >= 0.6 is 27.3 Å². The number of fused-ring (bicyclic) bond motifs is 2. The molecular weight excluding hydrogens is 612 g/mol. The molecule has 0 saturated carbocycles. The van der Waals surface area contributed by atoms with Crippen LogP contribution in [0.5, 0.6) is 5.75 Å². The number of halogens is 1. The Bertz CT molecular complexity index is 2020. The summed E-state index contributed by atoms with van der Waals surface area (Å²) in [6.45, 7) is 4.16. The molecule has 8 heteroatoms. The first kappa shape index (κ1) is 27.9. The van der Waals surface area contributed by atoms with Crippen LogP contribution in [0.3, 0.4) is 0 Å². The molecule has 0 radical (unpaired) electrons. The highest BCUT2D eigenvalue weighted by molar-refractivity contribution is 9.10. The molecule has 6 nitrogen and oxygen atoms in total. The van der Waals surface area contributed by atoms with Gasteiger partial charge in [0.05, 0.1) is 28.5 Å².